The summed E-state index contributed by atoms with van der Waals surface area (Å²) in [5, 5.41) is 0. The summed E-state index contributed by atoms with van der Waals surface area (Å²) in [6.07, 6.45) is 0. The first-order valence-corrected chi connectivity index (χ1v) is 1.44. The third-order valence-electron chi connectivity index (χ3n) is 0. The molecule has 4 heavy (non-hydrogen) atoms. The Balaban J connectivity index is 0. The molecular formula is FeO2Ti. The van der Waals surface area contributed by atoms with Crippen molar-refractivity contribution < 1.29 is 43.5 Å². The number of hydrogen-bond donors (Lipinski definition) is 0. The Morgan fingerprint density at radius 2 is 1.25 bits per heavy atom. The Morgan fingerprint density at radius 3 is 1.25 bits per heavy atom. The zero-order valence-electron chi connectivity index (χ0n) is 1.67. The van der Waals surface area contributed by atoms with Gasteiger partial charge in [0.1, 0.15) is 0 Å². The van der Waals surface area contributed by atoms with E-state index < -0.39 is 0 Å². The molecule has 4 heteroatoms. The Labute approximate surface area is 43.7 Å². The molecule has 0 aliphatic carbocycles. The first-order chi connectivity index (χ1) is 2.00. The molecule has 0 unspecified atom stereocenters. The predicted molar refractivity (Wildman–Crippen MR) is 1.37 cm³/mol. The van der Waals surface area contributed by atoms with Crippen molar-refractivity contribution in [1.82, 2.24) is 0 Å². The number of rotatable bonds is 0. The second-order valence-electron chi connectivity index (χ2n) is 0. The van der Waals surface area contributed by atoms with Crippen molar-refractivity contribution in [2.75, 3.05) is 0 Å². The van der Waals surface area contributed by atoms with Gasteiger partial charge in [-0.25, -0.2) is 0 Å². The van der Waals surface area contributed by atoms with Crippen LogP contribution in [-0.4, -0.2) is 0 Å². The van der Waals surface area contributed by atoms with E-state index in [0.717, 1.165) is 20.4 Å². The molecule has 0 aromatic rings. The van der Waals surface area contributed by atoms with E-state index in [9.17, 15) is 0 Å². The van der Waals surface area contributed by atoms with Gasteiger partial charge in [-0.15, -0.1) is 0 Å². The average Bonchev–Trinajstić information content (AvgIpc) is 1.50. The molecule has 0 fully saturated rings. The topological polar surface area (TPSA) is 34.1 Å². The third kappa shape index (κ3) is 13.7. The van der Waals surface area contributed by atoms with Crippen molar-refractivity contribution in [2.24, 2.45) is 0 Å². The van der Waals surface area contributed by atoms with Crippen LogP contribution in [0.1, 0.15) is 0 Å². The fraction of sp³-hybridized carbons (Fsp3) is 0. The van der Waals surface area contributed by atoms with Crippen LogP contribution in [0.25, 0.3) is 0 Å². The average molecular weight is 136 g/mol. The van der Waals surface area contributed by atoms with Gasteiger partial charge in [0.05, 0.1) is 0 Å². The molecule has 0 spiro atoms. The van der Waals surface area contributed by atoms with Crippen LogP contribution in [0, 0.1) is 0 Å². The monoisotopic (exact) mass is 136 g/mol. The molecular weight excluding hydrogens is 136 g/mol. The summed E-state index contributed by atoms with van der Waals surface area (Å²) in [5.74, 6) is 0. The summed E-state index contributed by atoms with van der Waals surface area (Å²) in [4.78, 5) is 0. The van der Waals surface area contributed by atoms with Gasteiger partial charge in [0, 0.05) is 0 Å². The van der Waals surface area contributed by atoms with Gasteiger partial charge in [-0.05, 0) is 0 Å². The molecule has 0 saturated carbocycles. The molecule has 0 heterocycles. The summed E-state index contributed by atoms with van der Waals surface area (Å²) >= 11 is 2.75. The van der Waals surface area contributed by atoms with Gasteiger partial charge in [-0.1, -0.05) is 0 Å². The molecule has 0 N–H and O–H groups in total. The van der Waals surface area contributed by atoms with E-state index in [4.69, 9.17) is 7.16 Å². The summed E-state index contributed by atoms with van der Waals surface area (Å²) in [6.45, 7) is 0. The first-order valence-electron chi connectivity index (χ1n) is 0.348. The molecule has 0 radical (unpaired) electrons. The van der Waals surface area contributed by atoms with E-state index in [1.54, 1.807) is 0 Å². The molecule has 0 aliphatic heterocycles. The van der Waals surface area contributed by atoms with Crippen LogP contribution in [-0.2, 0) is 43.5 Å². The molecule has 0 aromatic heterocycles. The van der Waals surface area contributed by atoms with Gasteiger partial charge in [0.15, 0.2) is 0 Å². The van der Waals surface area contributed by atoms with Crippen LogP contribution in [0.15, 0.2) is 0 Å². The summed E-state index contributed by atoms with van der Waals surface area (Å²) < 4.78 is 16.2. The van der Waals surface area contributed by atoms with Crippen molar-refractivity contribution in [1.29, 1.82) is 0 Å². The Bertz CT molecular complexity index is 8.00. The second kappa shape index (κ2) is 44.3. The van der Waals surface area contributed by atoms with E-state index >= 15 is 0 Å². The van der Waals surface area contributed by atoms with Crippen LogP contribution in [0.5, 0.6) is 0 Å². The predicted octanol–water partition coefficient (Wildman–Crippen LogP) is -0.243. The van der Waals surface area contributed by atoms with E-state index in [2.05, 4.69) is 0 Å². The Kier molecular flexibility index (Phi) is 98.0. The van der Waals surface area contributed by atoms with Crippen LogP contribution in [0.4, 0.5) is 0 Å². The zero-order chi connectivity index (χ0) is 4.00. The van der Waals surface area contributed by atoms with Crippen molar-refractivity contribution in [2.45, 2.75) is 0 Å². The van der Waals surface area contributed by atoms with Crippen LogP contribution in [0.3, 0.4) is 0 Å². The zero-order valence-corrected chi connectivity index (χ0v) is 4.34. The van der Waals surface area contributed by atoms with Gasteiger partial charge in [0.2, 0.25) is 0 Å². The Hall–Kier alpha value is 0.834. The molecule has 0 aliphatic rings. The van der Waals surface area contributed by atoms with E-state index in [1.807, 2.05) is 15.9 Å². The maximum absolute atomic E-state index is 8.25. The van der Waals surface area contributed by atoms with Crippen molar-refractivity contribution in [3.8, 4) is 0 Å². The summed E-state index contributed by atoms with van der Waals surface area (Å²) in [7, 11) is 0. The first kappa shape index (κ1) is 8.85. The maximum atomic E-state index is 8.25. The molecule has 0 bridgehead atoms. The van der Waals surface area contributed by atoms with Crippen molar-refractivity contribution in [3.63, 3.8) is 0 Å². The van der Waals surface area contributed by atoms with Crippen LogP contribution < -0.4 is 0 Å². The molecule has 24 valence electrons. The standard InChI is InChI=1S/Fe.2O.Ti. The van der Waals surface area contributed by atoms with Crippen LogP contribution in [0.2, 0.25) is 0 Å². The third-order valence-corrected chi connectivity index (χ3v) is 0. The van der Waals surface area contributed by atoms with E-state index in [-0.39, 0.29) is 0 Å². The SMILES string of the molecule is [O]=[Fe].[O]=[Ti]. The minimum atomic E-state index is 0.750. The Morgan fingerprint density at radius 1 is 1.25 bits per heavy atom. The normalized spacial score (nSPS) is 2.00. The molecule has 0 rings (SSSR count). The molecule has 0 saturated heterocycles. The van der Waals surface area contributed by atoms with Crippen LogP contribution >= 0.6 is 0 Å². The van der Waals surface area contributed by atoms with Gasteiger partial charge in [-0.2, -0.15) is 0 Å². The quantitative estimate of drug-likeness (QED) is 0.430. The summed E-state index contributed by atoms with van der Waals surface area (Å²) in [5.41, 5.74) is 0. The van der Waals surface area contributed by atoms with Gasteiger partial charge < -0.3 is 0 Å². The fourth-order valence-corrected chi connectivity index (χ4v) is 0. The molecule has 0 aromatic carbocycles. The molecule has 2 nitrogen and oxygen atoms in total. The number of hydrogen-bond acceptors (Lipinski definition) is 2. The van der Waals surface area contributed by atoms with Crippen molar-refractivity contribution >= 4 is 0 Å². The molecule has 0 amide bonds. The molecule has 0 atom stereocenters. The van der Waals surface area contributed by atoms with Crippen molar-refractivity contribution in [3.05, 3.63) is 0 Å². The van der Waals surface area contributed by atoms with Gasteiger partial charge in [0.25, 0.3) is 0 Å². The fourth-order valence-electron chi connectivity index (χ4n) is 0. The van der Waals surface area contributed by atoms with Gasteiger partial charge >= 0.3 is 43.5 Å². The van der Waals surface area contributed by atoms with E-state index in [0.29, 0.717) is 0 Å². The minimum absolute atomic E-state index is 0.750. The second-order valence-corrected chi connectivity index (χ2v) is 0. The van der Waals surface area contributed by atoms with Gasteiger partial charge in [-0.3, -0.25) is 0 Å². The summed E-state index contributed by atoms with van der Waals surface area (Å²) in [6, 6.07) is 0. The van der Waals surface area contributed by atoms with E-state index in [1.165, 1.54) is 0 Å².